The van der Waals surface area contributed by atoms with E-state index < -0.39 is 0 Å². The predicted octanol–water partition coefficient (Wildman–Crippen LogP) is 5.19. The van der Waals surface area contributed by atoms with Crippen molar-refractivity contribution in [2.45, 2.75) is 14.4 Å². The fourth-order valence-electron chi connectivity index (χ4n) is 1.38. The Bertz CT molecular complexity index is 552. The smallest absolute Gasteiger partial charge is 0.195 e. The van der Waals surface area contributed by atoms with Crippen LogP contribution in [0.4, 0.5) is 0 Å². The van der Waals surface area contributed by atoms with Crippen molar-refractivity contribution in [1.29, 1.82) is 0 Å². The third-order valence-electron chi connectivity index (χ3n) is 2.32. The Hall–Kier alpha value is -0.940. The van der Waals surface area contributed by atoms with Gasteiger partial charge in [0.05, 0.1) is 7.76 Å². The van der Waals surface area contributed by atoms with Gasteiger partial charge in [-0.25, -0.2) is 0 Å². The van der Waals surface area contributed by atoms with E-state index in [0.717, 1.165) is 13.3 Å². The summed E-state index contributed by atoms with van der Waals surface area (Å²) < 4.78 is 1.13. The van der Waals surface area contributed by atoms with Gasteiger partial charge >= 0.3 is 0 Å². The molecule has 2 rings (SSSR count). The van der Waals surface area contributed by atoms with Gasteiger partial charge in [-0.3, -0.25) is 4.79 Å². The predicted molar refractivity (Wildman–Crippen MR) is 88.3 cm³/mol. The van der Waals surface area contributed by atoms with Crippen molar-refractivity contribution in [3.05, 3.63) is 61.4 Å². The molecule has 1 aromatic carbocycles. The second-order valence-electron chi connectivity index (χ2n) is 3.71. The number of rotatable bonds is 3. The number of ketones is 1. The number of carbonyl (C=O) groups is 1. The molecule has 0 unspecified atom stereocenters. The van der Waals surface area contributed by atoms with Crippen molar-refractivity contribution < 1.29 is 4.79 Å². The maximum atomic E-state index is 11.8. The Morgan fingerprint density at radius 2 is 1.83 bits per heavy atom. The lowest BCUT2D eigenvalue weighted by molar-refractivity contribution is 0.105. The first-order chi connectivity index (χ1) is 8.15. The van der Waals surface area contributed by atoms with Crippen molar-refractivity contribution in [3.63, 3.8) is 0 Å². The fraction of sp³-hybridized carbons (Fsp3) is 0.133. The maximum absolute atomic E-state index is 11.8. The van der Waals surface area contributed by atoms with Gasteiger partial charge in [0.25, 0.3) is 0 Å². The number of halogens is 1. The molecule has 1 heterocycles. The maximum Gasteiger partial charge on any atom is 0.195 e. The van der Waals surface area contributed by atoms with Crippen molar-refractivity contribution >= 4 is 45.8 Å². The van der Waals surface area contributed by atoms with Crippen LogP contribution in [0.25, 0.3) is 6.08 Å². The molecule has 18 heavy (non-hydrogen) atoms. The van der Waals surface area contributed by atoms with E-state index in [9.17, 15) is 4.79 Å². The van der Waals surface area contributed by atoms with Crippen molar-refractivity contribution in [3.8, 4) is 0 Å². The summed E-state index contributed by atoms with van der Waals surface area (Å²) in [7, 11) is 0. The monoisotopic (exact) mass is 368 g/mol. The SMILES string of the molecule is C.Cc1ccc(/C=C/C(=O)c2ccc([125I])s2)cc1. The van der Waals surface area contributed by atoms with Gasteiger partial charge in [-0.1, -0.05) is 43.3 Å². The van der Waals surface area contributed by atoms with Crippen LogP contribution >= 0.6 is 33.9 Å². The molecule has 0 aliphatic carbocycles. The molecule has 0 saturated carbocycles. The number of hydrogen-bond donors (Lipinski definition) is 0. The minimum atomic E-state index is 0. The first kappa shape index (κ1) is 15.1. The molecule has 0 atom stereocenters. The number of aryl methyl sites for hydroxylation is 1. The highest BCUT2D eigenvalue weighted by Gasteiger charge is 2.04. The van der Waals surface area contributed by atoms with E-state index in [0.29, 0.717) is 0 Å². The number of benzene rings is 1. The van der Waals surface area contributed by atoms with Crippen molar-refractivity contribution in [1.82, 2.24) is 0 Å². The Morgan fingerprint density at radius 3 is 2.39 bits per heavy atom. The van der Waals surface area contributed by atoms with Crippen LogP contribution in [0.15, 0.2) is 42.5 Å². The number of allylic oxidation sites excluding steroid dienone is 1. The highest BCUT2D eigenvalue weighted by molar-refractivity contribution is 14.1. The molecule has 0 aliphatic rings. The molecule has 0 N–H and O–H groups in total. The van der Waals surface area contributed by atoms with Gasteiger partial charge in [0.15, 0.2) is 5.78 Å². The lowest BCUT2D eigenvalue weighted by Crippen LogP contribution is -1.88. The average Bonchev–Trinajstić information content (AvgIpc) is 2.75. The topological polar surface area (TPSA) is 17.1 Å². The minimum Gasteiger partial charge on any atom is -0.288 e. The summed E-state index contributed by atoms with van der Waals surface area (Å²) in [5.74, 6) is 0.0680. The normalized spacial score (nSPS) is 10.3. The van der Waals surface area contributed by atoms with E-state index in [-0.39, 0.29) is 13.2 Å². The molecule has 94 valence electrons. The Morgan fingerprint density at radius 1 is 1.17 bits per heavy atom. The van der Waals surface area contributed by atoms with Crippen molar-refractivity contribution in [2.75, 3.05) is 0 Å². The Balaban J connectivity index is 0.00000162. The summed E-state index contributed by atoms with van der Waals surface area (Å²) in [6.07, 6.45) is 3.49. The van der Waals surface area contributed by atoms with Gasteiger partial charge in [0.2, 0.25) is 0 Å². The molecule has 2 aromatic rings. The third-order valence-corrected chi connectivity index (χ3v) is 4.23. The average molecular weight is 368 g/mol. The molecule has 1 nitrogen and oxygen atoms in total. The van der Waals surface area contributed by atoms with Gasteiger partial charge in [0, 0.05) is 0 Å². The number of hydrogen-bond acceptors (Lipinski definition) is 2. The van der Waals surface area contributed by atoms with Crippen LogP contribution in [-0.4, -0.2) is 5.78 Å². The largest absolute Gasteiger partial charge is 0.288 e. The van der Waals surface area contributed by atoms with E-state index in [4.69, 9.17) is 0 Å². The van der Waals surface area contributed by atoms with E-state index in [1.807, 2.05) is 49.4 Å². The Labute approximate surface area is 126 Å². The quantitative estimate of drug-likeness (QED) is 0.414. The molecular weight excluding hydrogens is 353 g/mol. The minimum absolute atomic E-state index is 0. The second kappa shape index (κ2) is 6.85. The molecule has 1 aromatic heterocycles. The highest BCUT2D eigenvalue weighted by atomic mass is 125. The number of carbonyl (C=O) groups excluding carboxylic acids is 1. The van der Waals surface area contributed by atoms with Crippen molar-refractivity contribution in [2.24, 2.45) is 0 Å². The summed E-state index contributed by atoms with van der Waals surface area (Å²) in [5, 5.41) is 0. The summed E-state index contributed by atoms with van der Waals surface area (Å²) in [4.78, 5) is 12.6. The first-order valence-corrected chi connectivity index (χ1v) is 7.09. The second-order valence-corrected chi connectivity index (χ2v) is 6.69. The zero-order chi connectivity index (χ0) is 12.3. The Kier molecular flexibility index (Phi) is 5.75. The van der Waals surface area contributed by atoms with Gasteiger partial charge in [-0.2, -0.15) is 0 Å². The van der Waals surface area contributed by atoms with Crippen LogP contribution < -0.4 is 0 Å². The first-order valence-electron chi connectivity index (χ1n) is 5.19. The van der Waals surface area contributed by atoms with Gasteiger partial charge < -0.3 is 0 Å². The molecule has 0 aliphatic heterocycles. The van der Waals surface area contributed by atoms with Crippen LogP contribution in [0, 0.1) is 9.81 Å². The van der Waals surface area contributed by atoms with Gasteiger partial charge in [-0.15, -0.1) is 11.3 Å². The van der Waals surface area contributed by atoms with Crippen LogP contribution in [0.2, 0.25) is 0 Å². The molecule has 0 radical (unpaired) electrons. The third kappa shape index (κ3) is 4.07. The highest BCUT2D eigenvalue weighted by Crippen LogP contribution is 2.19. The molecule has 0 amide bonds. The van der Waals surface area contributed by atoms with Crippen LogP contribution in [0.5, 0.6) is 0 Å². The standard InChI is InChI=1S/C14H11IOS.CH4/c1-10-2-4-11(5-3-10)6-7-12(16)13-8-9-14(15)17-13;/h2-9H,1H3;1H4/b7-6+;/i15-2;. The van der Waals surface area contributed by atoms with E-state index in [2.05, 4.69) is 22.6 Å². The molecule has 0 saturated heterocycles. The lowest BCUT2D eigenvalue weighted by Gasteiger charge is -1.94. The van der Waals surface area contributed by atoms with Gasteiger partial charge in [-0.05, 0) is 53.3 Å². The molecular formula is C15H15IOS. The summed E-state index contributed by atoms with van der Waals surface area (Å²) >= 11 is 3.74. The van der Waals surface area contributed by atoms with Crippen LogP contribution in [0.1, 0.15) is 28.2 Å². The summed E-state index contributed by atoms with van der Waals surface area (Å²) in [5.41, 5.74) is 2.27. The lowest BCUT2D eigenvalue weighted by atomic mass is 10.1. The summed E-state index contributed by atoms with van der Waals surface area (Å²) in [6.45, 7) is 2.05. The van der Waals surface area contributed by atoms with E-state index in [1.165, 1.54) is 16.9 Å². The van der Waals surface area contributed by atoms with Crippen LogP contribution in [0.3, 0.4) is 0 Å². The van der Waals surface area contributed by atoms with E-state index >= 15 is 0 Å². The molecule has 0 spiro atoms. The van der Waals surface area contributed by atoms with Crippen LogP contribution in [-0.2, 0) is 0 Å². The van der Waals surface area contributed by atoms with Gasteiger partial charge in [0.1, 0.15) is 0 Å². The number of thiophene rings is 1. The molecule has 0 fully saturated rings. The van der Waals surface area contributed by atoms with E-state index in [1.54, 1.807) is 6.08 Å². The summed E-state index contributed by atoms with van der Waals surface area (Å²) in [6, 6.07) is 11.9. The zero-order valence-corrected chi connectivity index (χ0v) is 12.3. The molecule has 3 heteroatoms. The molecule has 0 bridgehead atoms. The zero-order valence-electron chi connectivity index (χ0n) is 9.31. The fourth-order valence-corrected chi connectivity index (χ4v) is 2.92.